The maximum absolute atomic E-state index is 12.2. The monoisotopic (exact) mass is 534 g/mol. The summed E-state index contributed by atoms with van der Waals surface area (Å²) in [5.41, 5.74) is 2.81. The summed E-state index contributed by atoms with van der Waals surface area (Å²) in [6.45, 7) is 3.39. The third-order valence-electron chi connectivity index (χ3n) is 4.78. The topological polar surface area (TPSA) is 43.4 Å². The van der Waals surface area contributed by atoms with Gasteiger partial charge in [0.25, 0.3) is 0 Å². The number of esters is 1. The largest absolute Gasteiger partial charge is 2.00 e. The number of rotatable bonds is 5. The van der Waals surface area contributed by atoms with Crippen LogP contribution in [0.4, 0.5) is 0 Å². The molecule has 5 heteroatoms. The second-order valence-corrected chi connectivity index (χ2v) is 7.05. The van der Waals surface area contributed by atoms with Gasteiger partial charge in [0, 0.05) is 17.4 Å². The summed E-state index contributed by atoms with van der Waals surface area (Å²) >= 11 is 0. The molecule has 5 aliphatic carbocycles. The van der Waals surface area contributed by atoms with E-state index in [9.17, 15) is 9.59 Å². The molecule has 0 spiro atoms. The van der Waals surface area contributed by atoms with E-state index in [4.69, 9.17) is 4.74 Å². The minimum Gasteiger partial charge on any atom is -0.462 e. The minimum atomic E-state index is -0.546. The summed E-state index contributed by atoms with van der Waals surface area (Å²) in [6.07, 6.45) is 35.7. The predicted octanol–water partition coefficient (Wildman–Crippen LogP) is 4.59. The molecule has 20 radical (unpaired) electrons. The van der Waals surface area contributed by atoms with Crippen molar-refractivity contribution in [3.63, 3.8) is 0 Å². The normalized spacial score (nSPS) is 21.5. The Balaban J connectivity index is 0.000000399. The number of hydrogen-bond acceptors (Lipinski definition) is 3. The summed E-state index contributed by atoms with van der Waals surface area (Å²) < 4.78 is 5.05. The molecule has 0 aromatic rings. The van der Waals surface area contributed by atoms with Crippen LogP contribution in [0.3, 0.4) is 0 Å². The van der Waals surface area contributed by atoms with Crippen molar-refractivity contribution in [2.24, 2.45) is 0 Å². The van der Waals surface area contributed by atoms with E-state index in [2.05, 4.69) is 0 Å². The average molecular weight is 534 g/mol. The van der Waals surface area contributed by atoms with Crippen molar-refractivity contribution in [3.05, 3.63) is 150 Å². The zero-order valence-electron chi connectivity index (χ0n) is 19.0. The van der Waals surface area contributed by atoms with Crippen LogP contribution in [0.15, 0.2) is 22.3 Å². The Hall–Kier alpha value is -0.341. The van der Waals surface area contributed by atoms with Crippen LogP contribution in [0.2, 0.25) is 0 Å². The number of carbonyl (C=O) groups is 2. The molecule has 3 nitrogen and oxygen atoms in total. The quantitative estimate of drug-likeness (QED) is 0.171. The Morgan fingerprint density at radius 3 is 1.21 bits per heavy atom. The molecule has 0 heterocycles. The Morgan fingerprint density at radius 2 is 0.941 bits per heavy atom. The first-order valence-electron chi connectivity index (χ1n) is 10.6. The van der Waals surface area contributed by atoms with E-state index in [0.717, 1.165) is 28.6 Å². The molecule has 4 saturated carbocycles. The van der Waals surface area contributed by atoms with Crippen LogP contribution in [0, 0.1) is 127 Å². The van der Waals surface area contributed by atoms with Crippen LogP contribution in [-0.4, -0.2) is 18.4 Å². The fraction of sp³-hybridized carbons (Fsp3) is 0.103. The maximum atomic E-state index is 12.2. The van der Waals surface area contributed by atoms with Crippen LogP contribution >= 0.6 is 0 Å². The van der Waals surface area contributed by atoms with Crippen molar-refractivity contribution in [2.75, 3.05) is 6.61 Å². The van der Waals surface area contributed by atoms with Crippen LogP contribution in [0.25, 0.3) is 0 Å². The van der Waals surface area contributed by atoms with Crippen LogP contribution < -0.4 is 0 Å². The summed E-state index contributed by atoms with van der Waals surface area (Å²) in [5, 5.41) is 0. The fourth-order valence-electron chi connectivity index (χ4n) is 3.36. The molecule has 0 aromatic carbocycles. The van der Waals surface area contributed by atoms with Gasteiger partial charge in [-0.2, -0.15) is 0 Å². The van der Waals surface area contributed by atoms with Crippen LogP contribution in [-0.2, 0) is 48.5 Å². The zero-order valence-corrected chi connectivity index (χ0v) is 21.2. The number of carbonyl (C=O) groups excluding carboxylic acids is 2. The van der Waals surface area contributed by atoms with Crippen LogP contribution in [0.5, 0.6) is 0 Å². The molecule has 0 bridgehead atoms. The molecule has 5 aliphatic rings. The fourth-order valence-corrected chi connectivity index (χ4v) is 3.36. The van der Waals surface area contributed by atoms with E-state index in [1.165, 1.54) is 6.92 Å². The summed E-state index contributed by atoms with van der Waals surface area (Å²) in [7, 11) is 0. The number of hydrogen-bond donors (Lipinski definition) is 0. The van der Waals surface area contributed by atoms with E-state index in [0.29, 0.717) is 0 Å². The number of allylic oxidation sites excluding steroid dienone is 3. The van der Waals surface area contributed by atoms with Crippen molar-refractivity contribution < 1.29 is 48.5 Å². The van der Waals surface area contributed by atoms with Gasteiger partial charge >= 0.3 is 40.1 Å². The third-order valence-corrected chi connectivity index (χ3v) is 4.78. The van der Waals surface area contributed by atoms with Crippen molar-refractivity contribution in [3.8, 4) is 0 Å². The second kappa shape index (κ2) is 17.2. The summed E-state index contributed by atoms with van der Waals surface area (Å²) in [6, 6.07) is 0. The summed E-state index contributed by atoms with van der Waals surface area (Å²) in [5.74, 6) is 1.23. The van der Waals surface area contributed by atoms with Gasteiger partial charge in [0.05, 0.1) is 6.61 Å². The Morgan fingerprint density at radius 1 is 0.618 bits per heavy atom. The van der Waals surface area contributed by atoms with E-state index in [-0.39, 0.29) is 52.1 Å². The zero-order chi connectivity index (χ0) is 22.8. The van der Waals surface area contributed by atoms with Crippen molar-refractivity contribution in [1.82, 2.24) is 0 Å². The van der Waals surface area contributed by atoms with Gasteiger partial charge in [-0.15, -0.1) is 0 Å². The van der Waals surface area contributed by atoms with Gasteiger partial charge in [0.2, 0.25) is 0 Å². The van der Waals surface area contributed by atoms with Gasteiger partial charge in [0.15, 0.2) is 5.78 Å². The Kier molecular flexibility index (Phi) is 16.0. The van der Waals surface area contributed by atoms with Gasteiger partial charge in [-0.05, 0) is 141 Å². The van der Waals surface area contributed by atoms with Crippen molar-refractivity contribution in [1.29, 1.82) is 0 Å². The van der Waals surface area contributed by atoms with Gasteiger partial charge in [0.1, 0.15) is 5.57 Å². The molecule has 4 fully saturated rings. The first-order chi connectivity index (χ1) is 15.6. The Bertz CT molecular complexity index is 637. The molecule has 0 saturated heterocycles. The molecule has 0 amide bonds. The molecule has 0 unspecified atom stereocenters. The average Bonchev–Trinajstić information content (AvgIpc) is 3.51. The molecular weight excluding hydrogens is 508 g/mol. The summed E-state index contributed by atoms with van der Waals surface area (Å²) in [4.78, 5) is 24.2. The van der Waals surface area contributed by atoms with E-state index in [1.54, 1.807) is 6.92 Å². The standard InChI is InChI=1S/C19H16O3.2C5H5.2Fe/c1-3-22-19(21)15(12(2)20)18-16(13-8-4-5-9-13)17(18)14-10-6-7-11-14;2*1-2-4-5-3-1;;/h4-11H,3H2,1-2H3;2*1-5H;;/q;;;2*+2. The first-order valence-corrected chi connectivity index (χ1v) is 10.6. The van der Waals surface area contributed by atoms with Gasteiger partial charge in [-0.3, -0.25) is 4.79 Å². The minimum absolute atomic E-state index is 0. The molecule has 0 aromatic heterocycles. The van der Waals surface area contributed by atoms with Gasteiger partial charge in [-0.25, -0.2) is 4.79 Å². The van der Waals surface area contributed by atoms with E-state index < -0.39 is 5.97 Å². The predicted molar refractivity (Wildman–Crippen MR) is 125 cm³/mol. The molecular formula is C29H26Fe2O3+4. The van der Waals surface area contributed by atoms with E-state index in [1.807, 2.05) is 116 Å². The van der Waals surface area contributed by atoms with E-state index >= 15 is 0 Å². The smallest absolute Gasteiger partial charge is 0.462 e. The molecule has 0 atom stereocenters. The SMILES string of the molecule is CCOC(=O)C(C(C)=O)=C1C([C]2[CH][CH][CH][CH]2)=C1[C]1[CH][CH][CH][CH]1.[CH]1[CH][CH][CH][CH]1.[CH]1[CH][CH][CH][CH]1.[Fe+2].[Fe+2]. The van der Waals surface area contributed by atoms with Gasteiger partial charge < -0.3 is 4.74 Å². The second-order valence-electron chi connectivity index (χ2n) is 7.05. The number of ketones is 1. The first kappa shape index (κ1) is 31.7. The molecule has 34 heavy (non-hydrogen) atoms. The number of ether oxygens (including phenoxy) is 1. The molecule has 0 N–H and O–H groups in total. The maximum Gasteiger partial charge on any atom is 2.00 e. The van der Waals surface area contributed by atoms with Crippen LogP contribution in [0.1, 0.15) is 13.8 Å². The Labute approximate surface area is 229 Å². The molecule has 0 aliphatic heterocycles. The van der Waals surface area contributed by atoms with Crippen molar-refractivity contribution >= 4 is 11.8 Å². The van der Waals surface area contributed by atoms with Gasteiger partial charge in [-0.1, -0.05) is 0 Å². The molecule has 172 valence electrons. The number of Topliss-reactive ketones (excluding diaryl/α,β-unsaturated/α-hetero) is 1. The van der Waals surface area contributed by atoms with Crippen molar-refractivity contribution in [2.45, 2.75) is 13.8 Å². The third kappa shape index (κ3) is 9.27. The molecule has 5 rings (SSSR count).